The van der Waals surface area contributed by atoms with Crippen LogP contribution in [0.25, 0.3) is 0 Å². The Hall–Kier alpha value is -2.90. The van der Waals surface area contributed by atoms with E-state index >= 15 is 0 Å². The second-order valence-electron chi connectivity index (χ2n) is 5.61. The number of aryl methyl sites for hydroxylation is 1. The molecule has 1 aliphatic heterocycles. The third-order valence-electron chi connectivity index (χ3n) is 4.06. The normalized spacial score (nSPS) is 14.5. The van der Waals surface area contributed by atoms with Gasteiger partial charge in [-0.25, -0.2) is 9.67 Å². The summed E-state index contributed by atoms with van der Waals surface area (Å²) < 4.78 is 3.86. The van der Waals surface area contributed by atoms with Crippen molar-refractivity contribution in [3.8, 4) is 0 Å². The highest BCUT2D eigenvalue weighted by molar-refractivity contribution is 5.92. The molecule has 0 atom stereocenters. The molecule has 4 heterocycles. The van der Waals surface area contributed by atoms with Crippen molar-refractivity contribution in [1.82, 2.24) is 34.4 Å². The Morgan fingerprint density at radius 3 is 3.09 bits per heavy atom. The maximum atomic E-state index is 12.6. The van der Waals surface area contributed by atoms with Gasteiger partial charge < -0.3 is 14.5 Å². The van der Waals surface area contributed by atoms with Crippen LogP contribution in [0, 0.1) is 0 Å². The van der Waals surface area contributed by atoms with Gasteiger partial charge in [0.05, 0.1) is 25.1 Å². The molecule has 0 saturated carbocycles. The standard InChI is InChI=1S/C15H17N7O/c23-15(12-3-1-4-17-12)21-6-2-7-22-14(10-21)13(18-19-22)9-20-8-5-16-11-20/h1,3-5,8,11,17H,2,6-7,9-10H2. The van der Waals surface area contributed by atoms with Crippen molar-refractivity contribution in [2.45, 2.75) is 26.1 Å². The first kappa shape index (κ1) is 13.7. The number of hydrogen-bond acceptors (Lipinski definition) is 4. The lowest BCUT2D eigenvalue weighted by atomic mass is 10.2. The molecule has 3 aromatic rings. The molecular formula is C15H17N7O. The summed E-state index contributed by atoms with van der Waals surface area (Å²) in [6.07, 6.45) is 8.02. The fourth-order valence-corrected chi connectivity index (χ4v) is 2.88. The smallest absolute Gasteiger partial charge is 0.270 e. The first-order valence-corrected chi connectivity index (χ1v) is 7.61. The van der Waals surface area contributed by atoms with Crippen LogP contribution in [-0.2, 0) is 19.6 Å². The highest BCUT2D eigenvalue weighted by Gasteiger charge is 2.24. The minimum atomic E-state index is 0.0123. The van der Waals surface area contributed by atoms with Crippen molar-refractivity contribution in [1.29, 1.82) is 0 Å². The highest BCUT2D eigenvalue weighted by atomic mass is 16.2. The van der Waals surface area contributed by atoms with Crippen LogP contribution in [0.5, 0.6) is 0 Å². The monoisotopic (exact) mass is 311 g/mol. The van der Waals surface area contributed by atoms with Crippen LogP contribution in [0.3, 0.4) is 0 Å². The Labute approximate surface area is 132 Å². The lowest BCUT2D eigenvalue weighted by Crippen LogP contribution is -2.31. The first-order valence-electron chi connectivity index (χ1n) is 7.61. The molecule has 0 aromatic carbocycles. The van der Waals surface area contributed by atoms with E-state index in [2.05, 4.69) is 20.3 Å². The van der Waals surface area contributed by atoms with Gasteiger partial charge in [-0.2, -0.15) is 0 Å². The van der Waals surface area contributed by atoms with Crippen molar-refractivity contribution in [3.05, 3.63) is 54.1 Å². The third-order valence-corrected chi connectivity index (χ3v) is 4.06. The van der Waals surface area contributed by atoms with Gasteiger partial charge in [-0.05, 0) is 18.6 Å². The average molecular weight is 311 g/mol. The molecule has 23 heavy (non-hydrogen) atoms. The minimum Gasteiger partial charge on any atom is -0.357 e. The number of H-pyrrole nitrogens is 1. The number of aromatic amines is 1. The molecule has 0 saturated heterocycles. The van der Waals surface area contributed by atoms with Gasteiger partial charge in [-0.15, -0.1) is 5.10 Å². The number of fused-ring (bicyclic) bond motifs is 1. The molecule has 1 amide bonds. The second-order valence-corrected chi connectivity index (χ2v) is 5.61. The number of rotatable bonds is 3. The Balaban J connectivity index is 1.60. The zero-order chi connectivity index (χ0) is 15.6. The SMILES string of the molecule is O=C(c1ccc[nH]1)N1CCCn2nnc(Cn3ccnc3)c2C1. The molecule has 8 nitrogen and oxygen atoms in total. The van der Waals surface area contributed by atoms with Crippen LogP contribution in [-0.4, -0.2) is 46.9 Å². The lowest BCUT2D eigenvalue weighted by molar-refractivity contribution is 0.0740. The van der Waals surface area contributed by atoms with Gasteiger partial charge in [0.25, 0.3) is 5.91 Å². The molecule has 1 aliphatic rings. The Morgan fingerprint density at radius 2 is 2.30 bits per heavy atom. The largest absolute Gasteiger partial charge is 0.357 e. The molecule has 0 unspecified atom stereocenters. The fourth-order valence-electron chi connectivity index (χ4n) is 2.88. The lowest BCUT2D eigenvalue weighted by Gasteiger charge is -2.19. The van der Waals surface area contributed by atoms with Crippen LogP contribution in [0.2, 0.25) is 0 Å². The first-order chi connectivity index (χ1) is 11.3. The number of imidazole rings is 1. The zero-order valence-corrected chi connectivity index (χ0v) is 12.6. The van der Waals surface area contributed by atoms with E-state index in [0.29, 0.717) is 25.3 Å². The van der Waals surface area contributed by atoms with Gasteiger partial charge in [0.1, 0.15) is 11.4 Å². The van der Waals surface area contributed by atoms with Crippen LogP contribution >= 0.6 is 0 Å². The number of aromatic nitrogens is 6. The third kappa shape index (κ3) is 2.63. The maximum absolute atomic E-state index is 12.6. The zero-order valence-electron chi connectivity index (χ0n) is 12.6. The number of amides is 1. The molecule has 3 aromatic heterocycles. The summed E-state index contributed by atoms with van der Waals surface area (Å²) in [6.45, 7) is 2.63. The topological polar surface area (TPSA) is 84.6 Å². The van der Waals surface area contributed by atoms with E-state index in [0.717, 1.165) is 24.4 Å². The van der Waals surface area contributed by atoms with Gasteiger partial charge in [0.15, 0.2) is 0 Å². The van der Waals surface area contributed by atoms with E-state index in [-0.39, 0.29) is 5.91 Å². The molecule has 0 fully saturated rings. The van der Waals surface area contributed by atoms with E-state index in [1.165, 1.54) is 0 Å². The summed E-state index contributed by atoms with van der Waals surface area (Å²) in [5.41, 5.74) is 2.49. The van der Waals surface area contributed by atoms with Gasteiger partial charge in [-0.3, -0.25) is 4.79 Å². The summed E-state index contributed by atoms with van der Waals surface area (Å²) in [5.74, 6) is 0.0123. The van der Waals surface area contributed by atoms with Gasteiger partial charge >= 0.3 is 0 Å². The van der Waals surface area contributed by atoms with Crippen LogP contribution in [0.1, 0.15) is 28.3 Å². The van der Waals surface area contributed by atoms with Crippen LogP contribution < -0.4 is 0 Å². The van der Waals surface area contributed by atoms with E-state index in [1.54, 1.807) is 24.8 Å². The predicted octanol–water partition coefficient (Wildman–Crippen LogP) is 0.897. The number of nitrogens with one attached hydrogen (secondary N) is 1. The van der Waals surface area contributed by atoms with E-state index in [1.807, 2.05) is 26.4 Å². The molecule has 0 spiro atoms. The van der Waals surface area contributed by atoms with E-state index < -0.39 is 0 Å². The fraction of sp³-hybridized carbons (Fsp3) is 0.333. The van der Waals surface area contributed by atoms with Crippen molar-refractivity contribution < 1.29 is 4.79 Å². The van der Waals surface area contributed by atoms with Crippen LogP contribution in [0.4, 0.5) is 0 Å². The van der Waals surface area contributed by atoms with E-state index in [9.17, 15) is 4.79 Å². The van der Waals surface area contributed by atoms with Crippen molar-refractivity contribution in [2.75, 3.05) is 6.54 Å². The molecular weight excluding hydrogens is 294 g/mol. The maximum Gasteiger partial charge on any atom is 0.270 e. The second kappa shape index (κ2) is 5.71. The van der Waals surface area contributed by atoms with E-state index in [4.69, 9.17) is 0 Å². The molecule has 1 N–H and O–H groups in total. The quantitative estimate of drug-likeness (QED) is 0.779. The Bertz CT molecular complexity index is 788. The minimum absolute atomic E-state index is 0.0123. The van der Waals surface area contributed by atoms with Gasteiger partial charge in [0, 0.05) is 31.7 Å². The van der Waals surface area contributed by atoms with Crippen molar-refractivity contribution in [2.24, 2.45) is 0 Å². The van der Waals surface area contributed by atoms with Crippen molar-refractivity contribution >= 4 is 5.91 Å². The summed E-state index contributed by atoms with van der Waals surface area (Å²) in [6, 6.07) is 3.64. The summed E-state index contributed by atoms with van der Waals surface area (Å²) in [7, 11) is 0. The van der Waals surface area contributed by atoms with Crippen LogP contribution in [0.15, 0.2) is 37.1 Å². The molecule has 4 rings (SSSR count). The number of carbonyl (C=O) groups is 1. The average Bonchev–Trinajstić information content (AvgIpc) is 3.29. The number of carbonyl (C=O) groups excluding carboxylic acids is 1. The molecule has 0 radical (unpaired) electrons. The Morgan fingerprint density at radius 1 is 1.35 bits per heavy atom. The highest BCUT2D eigenvalue weighted by Crippen LogP contribution is 2.17. The van der Waals surface area contributed by atoms with Gasteiger partial charge in [-0.1, -0.05) is 5.21 Å². The summed E-state index contributed by atoms with van der Waals surface area (Å²) in [4.78, 5) is 21.5. The van der Waals surface area contributed by atoms with Crippen molar-refractivity contribution in [3.63, 3.8) is 0 Å². The molecule has 8 heteroatoms. The molecule has 0 aliphatic carbocycles. The number of hydrogen-bond donors (Lipinski definition) is 1. The predicted molar refractivity (Wildman–Crippen MR) is 81.5 cm³/mol. The number of nitrogens with zero attached hydrogens (tertiary/aromatic N) is 6. The van der Waals surface area contributed by atoms with Gasteiger partial charge in [0.2, 0.25) is 0 Å². The molecule has 118 valence electrons. The molecule has 0 bridgehead atoms. The summed E-state index contributed by atoms with van der Waals surface area (Å²) in [5, 5.41) is 8.53. The Kier molecular flexibility index (Phi) is 3.41. The summed E-state index contributed by atoms with van der Waals surface area (Å²) >= 11 is 0.